The second kappa shape index (κ2) is 12.8. The molecule has 5 heteroatoms. The Morgan fingerprint density at radius 1 is 1.10 bits per heavy atom. The Hall–Kier alpha value is -2.66. The molecule has 2 aromatic rings. The fraction of sp³-hybridized carbons (Fsp3) is 0.320. The van der Waals surface area contributed by atoms with Crippen LogP contribution in [0.2, 0.25) is 0 Å². The van der Waals surface area contributed by atoms with Gasteiger partial charge in [0.25, 0.3) is 0 Å². The molecule has 0 saturated heterocycles. The van der Waals surface area contributed by atoms with Crippen molar-refractivity contribution in [3.05, 3.63) is 78.5 Å². The van der Waals surface area contributed by atoms with Gasteiger partial charge >= 0.3 is 0 Å². The van der Waals surface area contributed by atoms with E-state index in [9.17, 15) is 4.79 Å². The molecule has 0 aliphatic rings. The molecule has 0 aliphatic heterocycles. The molecule has 0 atom stereocenters. The summed E-state index contributed by atoms with van der Waals surface area (Å²) < 4.78 is 10.8. The SMILES string of the molecule is C=CCC/C(=C\N(Cc1ccccc1)C(=O)CSCC)c1ccc(OC)c(OC)c1. The van der Waals surface area contributed by atoms with Crippen molar-refractivity contribution >= 4 is 23.2 Å². The maximum Gasteiger partial charge on any atom is 0.236 e. The molecule has 2 aromatic carbocycles. The Labute approximate surface area is 184 Å². The number of benzene rings is 2. The molecule has 160 valence electrons. The molecule has 30 heavy (non-hydrogen) atoms. The molecule has 0 heterocycles. The highest BCUT2D eigenvalue weighted by atomic mass is 32.2. The van der Waals surface area contributed by atoms with E-state index in [1.807, 2.05) is 65.7 Å². The van der Waals surface area contributed by atoms with Crippen LogP contribution in [0, 0.1) is 0 Å². The van der Waals surface area contributed by atoms with Gasteiger partial charge in [-0.2, -0.15) is 11.8 Å². The largest absolute Gasteiger partial charge is 0.493 e. The first-order valence-corrected chi connectivity index (χ1v) is 11.2. The lowest BCUT2D eigenvalue weighted by Gasteiger charge is -2.21. The third kappa shape index (κ3) is 6.99. The van der Waals surface area contributed by atoms with Crippen molar-refractivity contribution in [2.24, 2.45) is 0 Å². The maximum atomic E-state index is 13.0. The third-order valence-corrected chi connectivity index (χ3v) is 5.49. The van der Waals surface area contributed by atoms with Gasteiger partial charge in [-0.3, -0.25) is 4.79 Å². The first-order valence-electron chi connectivity index (χ1n) is 10.1. The van der Waals surface area contributed by atoms with E-state index in [1.165, 1.54) is 0 Å². The quantitative estimate of drug-likeness (QED) is 0.403. The molecule has 2 rings (SSSR count). The second-order valence-corrected chi connectivity index (χ2v) is 7.97. The summed E-state index contributed by atoms with van der Waals surface area (Å²) in [5, 5.41) is 0. The summed E-state index contributed by atoms with van der Waals surface area (Å²) in [6, 6.07) is 15.9. The van der Waals surface area contributed by atoms with Crippen LogP contribution in [0.25, 0.3) is 5.57 Å². The van der Waals surface area contributed by atoms with Gasteiger partial charge in [0.05, 0.1) is 26.5 Å². The predicted molar refractivity (Wildman–Crippen MR) is 127 cm³/mol. The number of ether oxygens (including phenoxy) is 2. The molecule has 0 radical (unpaired) electrons. The number of nitrogens with zero attached hydrogens (tertiary/aromatic N) is 1. The van der Waals surface area contributed by atoms with Gasteiger partial charge in [-0.25, -0.2) is 0 Å². The van der Waals surface area contributed by atoms with E-state index >= 15 is 0 Å². The number of carbonyl (C=O) groups excluding carboxylic acids is 1. The molecule has 0 unspecified atom stereocenters. The number of amides is 1. The summed E-state index contributed by atoms with van der Waals surface area (Å²) in [6.45, 7) is 6.45. The number of carbonyl (C=O) groups is 1. The summed E-state index contributed by atoms with van der Waals surface area (Å²) in [4.78, 5) is 14.8. The minimum absolute atomic E-state index is 0.0993. The van der Waals surface area contributed by atoms with E-state index in [-0.39, 0.29) is 5.91 Å². The van der Waals surface area contributed by atoms with Gasteiger partial charge in [0, 0.05) is 6.20 Å². The lowest BCUT2D eigenvalue weighted by Crippen LogP contribution is -2.27. The van der Waals surface area contributed by atoms with Gasteiger partial charge in [-0.1, -0.05) is 49.4 Å². The van der Waals surface area contributed by atoms with Gasteiger partial charge < -0.3 is 14.4 Å². The number of hydrogen-bond donors (Lipinski definition) is 0. The summed E-state index contributed by atoms with van der Waals surface area (Å²) in [6.07, 6.45) is 5.47. The molecule has 0 aliphatic carbocycles. The molecule has 0 saturated carbocycles. The number of allylic oxidation sites excluding steroid dienone is 2. The van der Waals surface area contributed by atoms with E-state index in [2.05, 4.69) is 13.5 Å². The normalized spacial score (nSPS) is 11.1. The summed E-state index contributed by atoms with van der Waals surface area (Å²) in [5.41, 5.74) is 3.16. The highest BCUT2D eigenvalue weighted by Crippen LogP contribution is 2.32. The molecule has 0 aromatic heterocycles. The lowest BCUT2D eigenvalue weighted by molar-refractivity contribution is -0.126. The number of thioether (sulfide) groups is 1. The van der Waals surface area contributed by atoms with Crippen molar-refractivity contribution in [2.45, 2.75) is 26.3 Å². The topological polar surface area (TPSA) is 38.8 Å². The summed E-state index contributed by atoms with van der Waals surface area (Å²) >= 11 is 1.63. The van der Waals surface area contributed by atoms with Gasteiger partial charge in [0.1, 0.15) is 0 Å². The average molecular weight is 426 g/mol. The number of hydrogen-bond acceptors (Lipinski definition) is 4. The average Bonchev–Trinajstić information content (AvgIpc) is 2.79. The van der Waals surface area contributed by atoms with E-state index in [1.54, 1.807) is 26.0 Å². The van der Waals surface area contributed by atoms with Crippen molar-refractivity contribution in [1.82, 2.24) is 4.90 Å². The van der Waals surface area contributed by atoms with E-state index in [4.69, 9.17) is 9.47 Å². The Morgan fingerprint density at radius 2 is 1.83 bits per heavy atom. The van der Waals surface area contributed by atoms with E-state index < -0.39 is 0 Å². The fourth-order valence-corrected chi connectivity index (χ4v) is 3.57. The first-order chi connectivity index (χ1) is 14.6. The van der Waals surface area contributed by atoms with Gasteiger partial charge in [-0.05, 0) is 47.4 Å². The van der Waals surface area contributed by atoms with Crippen molar-refractivity contribution in [2.75, 3.05) is 25.7 Å². The number of methoxy groups -OCH3 is 2. The third-order valence-electron chi connectivity index (χ3n) is 4.63. The van der Waals surface area contributed by atoms with Crippen LogP contribution in [0.4, 0.5) is 0 Å². The van der Waals surface area contributed by atoms with E-state index in [0.29, 0.717) is 23.8 Å². The van der Waals surface area contributed by atoms with Crippen molar-refractivity contribution in [3.63, 3.8) is 0 Å². The standard InChI is InChI=1S/C25H31NO3S/c1-5-7-13-22(21-14-15-23(28-3)24(16-21)29-4)18-26(25(27)19-30-6-2)17-20-11-9-8-10-12-20/h5,8-12,14-16,18H,1,6-7,13,17,19H2,2-4H3/b22-18+. The van der Waals surface area contributed by atoms with Crippen LogP contribution >= 0.6 is 11.8 Å². The zero-order chi connectivity index (χ0) is 21.8. The molecule has 0 N–H and O–H groups in total. The highest BCUT2D eigenvalue weighted by Gasteiger charge is 2.15. The Bertz CT molecular complexity index is 849. The molecule has 4 nitrogen and oxygen atoms in total. The summed E-state index contributed by atoms with van der Waals surface area (Å²) in [5.74, 6) is 2.82. The zero-order valence-corrected chi connectivity index (χ0v) is 18.9. The van der Waals surface area contributed by atoms with Crippen LogP contribution in [-0.2, 0) is 11.3 Å². The van der Waals surface area contributed by atoms with Crippen LogP contribution in [0.5, 0.6) is 11.5 Å². The van der Waals surface area contributed by atoms with Crippen LogP contribution in [-0.4, -0.2) is 36.5 Å². The molecule has 0 bridgehead atoms. The van der Waals surface area contributed by atoms with Gasteiger partial charge in [0.2, 0.25) is 5.91 Å². The van der Waals surface area contributed by atoms with Crippen LogP contribution in [0.15, 0.2) is 67.4 Å². The summed E-state index contributed by atoms with van der Waals surface area (Å²) in [7, 11) is 3.25. The fourth-order valence-electron chi connectivity index (χ4n) is 3.02. The molecular formula is C25H31NO3S. The van der Waals surface area contributed by atoms with Crippen molar-refractivity contribution < 1.29 is 14.3 Å². The molecular weight excluding hydrogens is 394 g/mol. The Kier molecular flexibility index (Phi) is 10.1. The Balaban J connectivity index is 2.43. The van der Waals surface area contributed by atoms with Crippen LogP contribution in [0.1, 0.15) is 30.9 Å². The number of rotatable bonds is 12. The maximum absolute atomic E-state index is 13.0. The van der Waals surface area contributed by atoms with Gasteiger partial charge in [0.15, 0.2) is 11.5 Å². The minimum atomic E-state index is 0.0993. The lowest BCUT2D eigenvalue weighted by atomic mass is 10.0. The van der Waals surface area contributed by atoms with Crippen LogP contribution < -0.4 is 9.47 Å². The second-order valence-electron chi connectivity index (χ2n) is 6.70. The highest BCUT2D eigenvalue weighted by molar-refractivity contribution is 7.99. The minimum Gasteiger partial charge on any atom is -0.493 e. The molecule has 1 amide bonds. The first kappa shape index (κ1) is 23.6. The van der Waals surface area contributed by atoms with E-state index in [0.717, 1.165) is 35.3 Å². The molecule has 0 spiro atoms. The van der Waals surface area contributed by atoms with Gasteiger partial charge in [-0.15, -0.1) is 6.58 Å². The van der Waals surface area contributed by atoms with Crippen molar-refractivity contribution in [1.29, 1.82) is 0 Å². The monoisotopic (exact) mass is 425 g/mol. The van der Waals surface area contributed by atoms with Crippen molar-refractivity contribution in [3.8, 4) is 11.5 Å². The van der Waals surface area contributed by atoms with Crippen LogP contribution in [0.3, 0.4) is 0 Å². The Morgan fingerprint density at radius 3 is 2.47 bits per heavy atom. The molecule has 0 fully saturated rings. The smallest absolute Gasteiger partial charge is 0.236 e. The predicted octanol–water partition coefficient (Wildman–Crippen LogP) is 5.79. The zero-order valence-electron chi connectivity index (χ0n) is 18.1.